The van der Waals surface area contributed by atoms with Crippen molar-refractivity contribution in [3.8, 4) is 0 Å². The number of hydrogen-bond acceptors (Lipinski definition) is 3. The van der Waals surface area contributed by atoms with Gasteiger partial charge in [-0.05, 0) is 19.3 Å². The Balaban J connectivity index is 0.000000385. The molecular formula is C12H21NO3. The van der Waals surface area contributed by atoms with Crippen LogP contribution in [0.4, 0.5) is 0 Å². The van der Waals surface area contributed by atoms with Crippen LogP contribution in [0.15, 0.2) is 12.7 Å². The second kappa shape index (κ2) is 8.95. The van der Waals surface area contributed by atoms with Gasteiger partial charge in [-0.25, -0.2) is 0 Å². The zero-order valence-electron chi connectivity index (χ0n) is 10.2. The van der Waals surface area contributed by atoms with E-state index in [9.17, 15) is 9.59 Å². The monoisotopic (exact) mass is 227 g/mol. The SMILES string of the molecule is C=CCCC(=O)N1CCCC1.COC(C)=O. The zero-order chi connectivity index (χ0) is 12.4. The molecule has 1 aliphatic heterocycles. The Bertz CT molecular complexity index is 232. The molecule has 1 rings (SSSR count). The number of amides is 1. The van der Waals surface area contributed by atoms with Crippen LogP contribution in [-0.4, -0.2) is 37.0 Å². The van der Waals surface area contributed by atoms with E-state index in [4.69, 9.17) is 0 Å². The minimum absolute atomic E-state index is 0.245. The van der Waals surface area contributed by atoms with Crippen LogP contribution in [0.3, 0.4) is 0 Å². The largest absolute Gasteiger partial charge is 0.469 e. The van der Waals surface area contributed by atoms with Gasteiger partial charge < -0.3 is 9.64 Å². The first-order valence-corrected chi connectivity index (χ1v) is 5.55. The average Bonchev–Trinajstić information content (AvgIpc) is 2.80. The first kappa shape index (κ1) is 14.7. The molecule has 1 heterocycles. The Morgan fingerprint density at radius 2 is 1.88 bits per heavy atom. The molecule has 0 bridgehead atoms. The molecule has 1 fully saturated rings. The fourth-order valence-corrected chi connectivity index (χ4v) is 1.35. The van der Waals surface area contributed by atoms with Crippen molar-refractivity contribution in [3.63, 3.8) is 0 Å². The summed E-state index contributed by atoms with van der Waals surface area (Å²) in [4.78, 5) is 22.8. The summed E-state index contributed by atoms with van der Waals surface area (Å²) in [5.74, 6) is 0.0485. The lowest BCUT2D eigenvalue weighted by molar-refractivity contribution is -0.138. The van der Waals surface area contributed by atoms with Gasteiger partial charge in [-0.15, -0.1) is 6.58 Å². The van der Waals surface area contributed by atoms with Gasteiger partial charge in [0.15, 0.2) is 0 Å². The highest BCUT2D eigenvalue weighted by Gasteiger charge is 2.16. The molecular weight excluding hydrogens is 206 g/mol. The predicted octanol–water partition coefficient (Wildman–Crippen LogP) is 1.75. The summed E-state index contributed by atoms with van der Waals surface area (Å²) in [5, 5.41) is 0. The van der Waals surface area contributed by atoms with E-state index in [1.807, 2.05) is 4.90 Å². The minimum atomic E-state index is -0.245. The summed E-state index contributed by atoms with van der Waals surface area (Å²) in [6.45, 7) is 6.89. The van der Waals surface area contributed by atoms with E-state index in [0.29, 0.717) is 12.3 Å². The lowest BCUT2D eigenvalue weighted by Crippen LogP contribution is -2.26. The maximum absolute atomic E-state index is 11.3. The molecule has 4 nitrogen and oxygen atoms in total. The molecule has 92 valence electrons. The maximum Gasteiger partial charge on any atom is 0.302 e. The Hall–Kier alpha value is -1.32. The third kappa shape index (κ3) is 7.04. The van der Waals surface area contributed by atoms with E-state index in [-0.39, 0.29) is 5.97 Å². The third-order valence-electron chi connectivity index (χ3n) is 2.31. The van der Waals surface area contributed by atoms with Gasteiger partial charge in [0.2, 0.25) is 5.91 Å². The summed E-state index contributed by atoms with van der Waals surface area (Å²) in [7, 11) is 1.35. The normalized spacial score (nSPS) is 13.8. The van der Waals surface area contributed by atoms with Crippen LogP contribution in [0, 0.1) is 0 Å². The van der Waals surface area contributed by atoms with E-state index < -0.39 is 0 Å². The summed E-state index contributed by atoms with van der Waals surface area (Å²) >= 11 is 0. The van der Waals surface area contributed by atoms with E-state index in [1.165, 1.54) is 26.9 Å². The predicted molar refractivity (Wildman–Crippen MR) is 62.9 cm³/mol. The molecule has 0 aromatic carbocycles. The van der Waals surface area contributed by atoms with Crippen molar-refractivity contribution >= 4 is 11.9 Å². The standard InChI is InChI=1S/C9H15NO.C3H6O2/c1-2-3-6-9(11)10-7-4-5-8-10;1-3(4)5-2/h2H,1,3-8H2;1-2H3. The Morgan fingerprint density at radius 3 is 2.25 bits per heavy atom. The Kier molecular flexibility index (Phi) is 8.21. The second-order valence-corrected chi connectivity index (χ2v) is 3.61. The summed E-state index contributed by atoms with van der Waals surface area (Å²) in [6, 6.07) is 0. The van der Waals surface area contributed by atoms with Crippen LogP contribution in [0.1, 0.15) is 32.6 Å². The number of carbonyl (C=O) groups is 2. The minimum Gasteiger partial charge on any atom is -0.469 e. The Labute approximate surface area is 97.3 Å². The van der Waals surface area contributed by atoms with Gasteiger partial charge in [-0.1, -0.05) is 6.08 Å². The van der Waals surface area contributed by atoms with Gasteiger partial charge in [0, 0.05) is 26.4 Å². The quantitative estimate of drug-likeness (QED) is 0.545. The molecule has 4 heteroatoms. The van der Waals surface area contributed by atoms with Crippen molar-refractivity contribution in [2.24, 2.45) is 0 Å². The molecule has 0 N–H and O–H groups in total. The van der Waals surface area contributed by atoms with Crippen molar-refractivity contribution in [1.29, 1.82) is 0 Å². The van der Waals surface area contributed by atoms with Gasteiger partial charge in [-0.2, -0.15) is 0 Å². The smallest absolute Gasteiger partial charge is 0.302 e. The molecule has 0 aliphatic carbocycles. The van der Waals surface area contributed by atoms with Crippen molar-refractivity contribution in [1.82, 2.24) is 4.90 Å². The molecule has 0 aromatic heterocycles. The highest BCUT2D eigenvalue weighted by Crippen LogP contribution is 2.09. The molecule has 1 aliphatic rings. The maximum atomic E-state index is 11.3. The molecule has 0 atom stereocenters. The lowest BCUT2D eigenvalue weighted by atomic mass is 10.3. The van der Waals surface area contributed by atoms with E-state index in [1.54, 1.807) is 6.08 Å². The Morgan fingerprint density at radius 1 is 1.38 bits per heavy atom. The number of esters is 1. The number of carbonyl (C=O) groups excluding carboxylic acids is 2. The average molecular weight is 227 g/mol. The van der Waals surface area contributed by atoms with Gasteiger partial charge in [0.1, 0.15) is 0 Å². The van der Waals surface area contributed by atoms with Crippen LogP contribution in [0.25, 0.3) is 0 Å². The first-order valence-electron chi connectivity index (χ1n) is 5.55. The highest BCUT2D eigenvalue weighted by molar-refractivity contribution is 5.76. The third-order valence-corrected chi connectivity index (χ3v) is 2.31. The number of methoxy groups -OCH3 is 1. The second-order valence-electron chi connectivity index (χ2n) is 3.61. The number of allylic oxidation sites excluding steroid dienone is 1. The van der Waals surface area contributed by atoms with Gasteiger partial charge in [0.05, 0.1) is 7.11 Å². The van der Waals surface area contributed by atoms with Crippen molar-refractivity contribution in [2.75, 3.05) is 20.2 Å². The first-order chi connectivity index (χ1) is 7.61. The molecule has 1 amide bonds. The molecule has 1 saturated heterocycles. The lowest BCUT2D eigenvalue weighted by Gasteiger charge is -2.13. The molecule has 16 heavy (non-hydrogen) atoms. The van der Waals surface area contributed by atoms with E-state index in [0.717, 1.165) is 19.5 Å². The molecule has 0 saturated carbocycles. The molecule has 0 radical (unpaired) electrons. The molecule has 0 unspecified atom stereocenters. The topological polar surface area (TPSA) is 46.6 Å². The number of likely N-dealkylation sites (tertiary alicyclic amines) is 1. The van der Waals surface area contributed by atoms with Crippen LogP contribution in [0.5, 0.6) is 0 Å². The van der Waals surface area contributed by atoms with Gasteiger partial charge >= 0.3 is 5.97 Å². The van der Waals surface area contributed by atoms with Crippen LogP contribution >= 0.6 is 0 Å². The number of hydrogen-bond donors (Lipinski definition) is 0. The van der Waals surface area contributed by atoms with Crippen LogP contribution < -0.4 is 0 Å². The van der Waals surface area contributed by atoms with Gasteiger partial charge in [0.25, 0.3) is 0 Å². The molecule has 0 spiro atoms. The fourth-order valence-electron chi connectivity index (χ4n) is 1.35. The number of ether oxygens (including phenoxy) is 1. The van der Waals surface area contributed by atoms with Crippen LogP contribution in [-0.2, 0) is 14.3 Å². The van der Waals surface area contributed by atoms with Crippen LogP contribution in [0.2, 0.25) is 0 Å². The summed E-state index contributed by atoms with van der Waals surface area (Å²) < 4.78 is 4.11. The number of rotatable bonds is 3. The molecule has 0 aromatic rings. The van der Waals surface area contributed by atoms with E-state index >= 15 is 0 Å². The zero-order valence-corrected chi connectivity index (χ0v) is 10.2. The highest BCUT2D eigenvalue weighted by atomic mass is 16.5. The fraction of sp³-hybridized carbons (Fsp3) is 0.667. The van der Waals surface area contributed by atoms with Crippen molar-refractivity contribution in [3.05, 3.63) is 12.7 Å². The van der Waals surface area contributed by atoms with Crippen molar-refractivity contribution < 1.29 is 14.3 Å². The summed E-state index contributed by atoms with van der Waals surface area (Å²) in [5.41, 5.74) is 0. The summed E-state index contributed by atoms with van der Waals surface area (Å²) in [6.07, 6.45) is 5.62. The van der Waals surface area contributed by atoms with Crippen molar-refractivity contribution in [2.45, 2.75) is 32.6 Å². The number of nitrogens with zero attached hydrogens (tertiary/aromatic N) is 1. The van der Waals surface area contributed by atoms with Gasteiger partial charge in [-0.3, -0.25) is 9.59 Å². The van der Waals surface area contributed by atoms with E-state index in [2.05, 4.69) is 11.3 Å².